The van der Waals surface area contributed by atoms with Crippen LogP contribution in [0.4, 0.5) is 17.1 Å². The maximum atomic E-state index is 10.6. The van der Waals surface area contributed by atoms with E-state index in [0.29, 0.717) is 4.47 Å². The number of hydrogen-bond donors (Lipinski definition) is 1. The van der Waals surface area contributed by atoms with Gasteiger partial charge in [0.05, 0.1) is 22.0 Å². The number of nitrogens with zero attached hydrogens (tertiary/aromatic N) is 3. The minimum atomic E-state index is -0.427. The van der Waals surface area contributed by atoms with Gasteiger partial charge in [-0.25, -0.2) is 0 Å². The standard InChI is InChI=1S/C11H11BrN4O2/c1-7-11(6-15(2)14-7)13-10-4-3-8(16(17)18)5-9(10)12/h3-6,13H,1-2H3. The van der Waals surface area contributed by atoms with Gasteiger partial charge in [-0.1, -0.05) is 0 Å². The van der Waals surface area contributed by atoms with E-state index in [0.717, 1.165) is 17.1 Å². The van der Waals surface area contributed by atoms with Crippen LogP contribution in [0.1, 0.15) is 5.69 Å². The van der Waals surface area contributed by atoms with Crippen LogP contribution < -0.4 is 5.32 Å². The summed E-state index contributed by atoms with van der Waals surface area (Å²) in [6.45, 7) is 1.89. The topological polar surface area (TPSA) is 73.0 Å². The second-order valence-electron chi connectivity index (χ2n) is 3.85. The van der Waals surface area contributed by atoms with Crippen LogP contribution in [-0.2, 0) is 7.05 Å². The summed E-state index contributed by atoms with van der Waals surface area (Å²) >= 11 is 3.31. The highest BCUT2D eigenvalue weighted by Crippen LogP contribution is 2.30. The summed E-state index contributed by atoms with van der Waals surface area (Å²) in [7, 11) is 1.84. The maximum Gasteiger partial charge on any atom is 0.270 e. The van der Waals surface area contributed by atoms with E-state index >= 15 is 0 Å². The number of non-ortho nitro benzene ring substituents is 1. The zero-order valence-corrected chi connectivity index (χ0v) is 11.4. The van der Waals surface area contributed by atoms with Crippen molar-refractivity contribution < 1.29 is 4.92 Å². The normalized spacial score (nSPS) is 10.4. The van der Waals surface area contributed by atoms with E-state index < -0.39 is 4.92 Å². The minimum absolute atomic E-state index is 0.0512. The van der Waals surface area contributed by atoms with Crippen molar-refractivity contribution in [1.82, 2.24) is 9.78 Å². The summed E-state index contributed by atoms with van der Waals surface area (Å²) in [5.74, 6) is 0. The van der Waals surface area contributed by atoms with Crippen molar-refractivity contribution in [1.29, 1.82) is 0 Å². The Morgan fingerprint density at radius 3 is 2.67 bits per heavy atom. The lowest BCUT2D eigenvalue weighted by atomic mass is 10.2. The van der Waals surface area contributed by atoms with Crippen LogP contribution in [0.3, 0.4) is 0 Å². The Bertz CT molecular complexity index is 609. The second-order valence-corrected chi connectivity index (χ2v) is 4.70. The molecule has 0 radical (unpaired) electrons. The average molecular weight is 311 g/mol. The van der Waals surface area contributed by atoms with Gasteiger partial charge in [0.2, 0.25) is 0 Å². The molecule has 94 valence electrons. The summed E-state index contributed by atoms with van der Waals surface area (Å²) in [5, 5.41) is 18.0. The molecule has 0 saturated carbocycles. The molecule has 1 N–H and O–H groups in total. The molecular formula is C11H11BrN4O2. The smallest absolute Gasteiger partial charge is 0.270 e. The third-order valence-electron chi connectivity index (χ3n) is 2.45. The highest BCUT2D eigenvalue weighted by atomic mass is 79.9. The molecule has 0 aliphatic rings. The molecule has 0 fully saturated rings. The van der Waals surface area contributed by atoms with Crippen LogP contribution in [0.25, 0.3) is 0 Å². The first-order valence-corrected chi connectivity index (χ1v) is 5.98. The highest BCUT2D eigenvalue weighted by molar-refractivity contribution is 9.10. The zero-order chi connectivity index (χ0) is 13.3. The van der Waals surface area contributed by atoms with Gasteiger partial charge in [-0.3, -0.25) is 14.8 Å². The van der Waals surface area contributed by atoms with E-state index in [-0.39, 0.29) is 5.69 Å². The quantitative estimate of drug-likeness (QED) is 0.698. The van der Waals surface area contributed by atoms with E-state index in [2.05, 4.69) is 26.3 Å². The molecule has 0 aliphatic heterocycles. The van der Waals surface area contributed by atoms with Gasteiger partial charge < -0.3 is 5.32 Å². The van der Waals surface area contributed by atoms with Gasteiger partial charge in [0.15, 0.2) is 0 Å². The number of aryl methyl sites for hydroxylation is 2. The summed E-state index contributed by atoms with van der Waals surface area (Å²) in [5.41, 5.74) is 2.54. The molecule has 0 aliphatic carbocycles. The van der Waals surface area contributed by atoms with E-state index in [1.165, 1.54) is 12.1 Å². The fourth-order valence-corrected chi connectivity index (χ4v) is 2.05. The zero-order valence-electron chi connectivity index (χ0n) is 9.85. The summed E-state index contributed by atoms with van der Waals surface area (Å²) in [4.78, 5) is 10.2. The van der Waals surface area contributed by atoms with Crippen LogP contribution in [-0.4, -0.2) is 14.7 Å². The van der Waals surface area contributed by atoms with Crippen LogP contribution >= 0.6 is 15.9 Å². The summed E-state index contributed by atoms with van der Waals surface area (Å²) in [6.07, 6.45) is 1.85. The van der Waals surface area contributed by atoms with Gasteiger partial charge >= 0.3 is 0 Å². The SMILES string of the molecule is Cc1nn(C)cc1Nc1ccc([N+](=O)[O-])cc1Br. The number of halogens is 1. The Kier molecular flexibility index (Phi) is 3.33. The number of nitro groups is 1. The van der Waals surface area contributed by atoms with E-state index in [4.69, 9.17) is 0 Å². The lowest BCUT2D eigenvalue weighted by molar-refractivity contribution is -0.384. The fraction of sp³-hybridized carbons (Fsp3) is 0.182. The summed E-state index contributed by atoms with van der Waals surface area (Å²) in [6, 6.07) is 4.58. The fourth-order valence-electron chi connectivity index (χ4n) is 1.59. The average Bonchev–Trinajstić information content (AvgIpc) is 2.60. The molecule has 1 aromatic carbocycles. The van der Waals surface area contributed by atoms with Gasteiger partial charge in [-0.05, 0) is 28.9 Å². The molecular weight excluding hydrogens is 300 g/mol. The number of benzene rings is 1. The van der Waals surface area contributed by atoms with Gasteiger partial charge in [-0.15, -0.1) is 0 Å². The van der Waals surface area contributed by atoms with Gasteiger partial charge in [0, 0.05) is 29.8 Å². The molecule has 0 saturated heterocycles. The molecule has 1 heterocycles. The monoisotopic (exact) mass is 310 g/mol. The second kappa shape index (κ2) is 4.77. The van der Waals surface area contributed by atoms with Crippen LogP contribution in [0, 0.1) is 17.0 Å². The van der Waals surface area contributed by atoms with Crippen molar-refractivity contribution in [2.45, 2.75) is 6.92 Å². The Balaban J connectivity index is 2.30. The molecule has 0 atom stereocenters. The van der Waals surface area contributed by atoms with Crippen molar-refractivity contribution in [3.8, 4) is 0 Å². The van der Waals surface area contributed by atoms with Gasteiger partial charge in [-0.2, -0.15) is 5.10 Å². The molecule has 18 heavy (non-hydrogen) atoms. The molecule has 2 rings (SSSR count). The lowest BCUT2D eigenvalue weighted by Gasteiger charge is -2.06. The number of nitrogens with one attached hydrogen (secondary N) is 1. The lowest BCUT2D eigenvalue weighted by Crippen LogP contribution is -1.94. The van der Waals surface area contributed by atoms with Crippen molar-refractivity contribution in [3.63, 3.8) is 0 Å². The van der Waals surface area contributed by atoms with Crippen LogP contribution in [0.5, 0.6) is 0 Å². The highest BCUT2D eigenvalue weighted by Gasteiger charge is 2.10. The van der Waals surface area contributed by atoms with E-state index in [9.17, 15) is 10.1 Å². The number of nitro benzene ring substituents is 1. The van der Waals surface area contributed by atoms with Crippen molar-refractivity contribution in [2.75, 3.05) is 5.32 Å². The number of rotatable bonds is 3. The van der Waals surface area contributed by atoms with Crippen molar-refractivity contribution >= 4 is 33.0 Å². The molecule has 0 bridgehead atoms. The summed E-state index contributed by atoms with van der Waals surface area (Å²) < 4.78 is 2.34. The third-order valence-corrected chi connectivity index (χ3v) is 3.10. The Morgan fingerprint density at radius 1 is 1.44 bits per heavy atom. The number of hydrogen-bond acceptors (Lipinski definition) is 4. The first-order chi connectivity index (χ1) is 8.47. The number of aromatic nitrogens is 2. The Labute approximate surface area is 112 Å². The van der Waals surface area contributed by atoms with E-state index in [1.807, 2.05) is 20.2 Å². The first-order valence-electron chi connectivity index (χ1n) is 5.18. The molecule has 0 amide bonds. The third kappa shape index (κ3) is 2.51. The molecule has 2 aromatic rings. The minimum Gasteiger partial charge on any atom is -0.352 e. The first kappa shape index (κ1) is 12.6. The molecule has 7 heteroatoms. The van der Waals surface area contributed by atoms with Gasteiger partial charge in [0.25, 0.3) is 5.69 Å². The Morgan fingerprint density at radius 2 is 2.17 bits per heavy atom. The predicted molar refractivity (Wildman–Crippen MR) is 72.0 cm³/mol. The van der Waals surface area contributed by atoms with Crippen LogP contribution in [0.2, 0.25) is 0 Å². The van der Waals surface area contributed by atoms with Crippen molar-refractivity contribution in [3.05, 3.63) is 44.7 Å². The Hall–Kier alpha value is -1.89. The van der Waals surface area contributed by atoms with Gasteiger partial charge in [0.1, 0.15) is 0 Å². The molecule has 0 unspecified atom stereocenters. The van der Waals surface area contributed by atoms with E-state index in [1.54, 1.807) is 10.7 Å². The number of anilines is 2. The molecule has 6 nitrogen and oxygen atoms in total. The molecule has 1 aromatic heterocycles. The maximum absolute atomic E-state index is 10.6. The largest absolute Gasteiger partial charge is 0.352 e. The van der Waals surface area contributed by atoms with Crippen LogP contribution in [0.15, 0.2) is 28.9 Å². The van der Waals surface area contributed by atoms with Crippen molar-refractivity contribution in [2.24, 2.45) is 7.05 Å². The predicted octanol–water partition coefficient (Wildman–Crippen LogP) is 3.14. The molecule has 0 spiro atoms.